The molecular weight excluding hydrogens is 702 g/mol. The Bertz CT molecular complexity index is 1250. The van der Waals surface area contributed by atoms with E-state index in [0.29, 0.717) is 25.0 Å². The van der Waals surface area contributed by atoms with Gasteiger partial charge in [-0.05, 0) is 76.8 Å². The first kappa shape index (κ1) is 43.8. The van der Waals surface area contributed by atoms with Crippen molar-refractivity contribution in [3.8, 4) is 0 Å². The molecule has 0 aliphatic carbocycles. The van der Waals surface area contributed by atoms with Crippen LogP contribution in [0.15, 0.2) is 6.20 Å². The van der Waals surface area contributed by atoms with Gasteiger partial charge in [0.15, 0.2) is 18.9 Å². The third kappa shape index (κ3) is 10.9. The zero-order chi connectivity index (χ0) is 38.5. The molecule has 0 saturated carbocycles. The number of aromatic nitrogens is 3. The quantitative estimate of drug-likeness (QED) is 0.149. The minimum atomic E-state index is -0.547. The van der Waals surface area contributed by atoms with Crippen LogP contribution < -0.4 is 5.32 Å². The molecule has 1 aromatic rings. The molecule has 4 heterocycles. The van der Waals surface area contributed by atoms with E-state index in [1.165, 1.54) is 0 Å². The van der Waals surface area contributed by atoms with Crippen LogP contribution in [0, 0.1) is 41.4 Å². The van der Waals surface area contributed by atoms with Crippen LogP contribution in [0.25, 0.3) is 0 Å². The molecule has 1 N–H and O–H groups in total. The van der Waals surface area contributed by atoms with Gasteiger partial charge >= 0.3 is 6.09 Å². The van der Waals surface area contributed by atoms with Crippen LogP contribution in [0.3, 0.4) is 0 Å². The van der Waals surface area contributed by atoms with Gasteiger partial charge in [0.1, 0.15) is 5.60 Å². The molecule has 3 saturated heterocycles. The lowest BCUT2D eigenvalue weighted by Crippen LogP contribution is -2.58. The number of nitrogens with zero attached hydrogens (tertiary/aromatic N) is 3. The van der Waals surface area contributed by atoms with Crippen molar-refractivity contribution >= 4 is 22.8 Å². The van der Waals surface area contributed by atoms with Crippen LogP contribution in [0.2, 0.25) is 0 Å². The molecule has 1 aromatic heterocycles. The summed E-state index contributed by atoms with van der Waals surface area (Å²) in [5, 5.41) is 11.6. The molecule has 3 aliphatic heterocycles. The Balaban J connectivity index is 1.35. The summed E-state index contributed by atoms with van der Waals surface area (Å²) in [6, 6.07) is 0. The minimum Gasteiger partial charge on any atom is -0.444 e. The average Bonchev–Trinajstić information content (AvgIpc) is 3.57. The van der Waals surface area contributed by atoms with Gasteiger partial charge in [0, 0.05) is 32.1 Å². The first-order valence-electron chi connectivity index (χ1n) is 19.7. The lowest BCUT2D eigenvalue weighted by Gasteiger charge is -2.51. The summed E-state index contributed by atoms with van der Waals surface area (Å²) in [4.78, 5) is 12.0. The van der Waals surface area contributed by atoms with E-state index in [-0.39, 0.29) is 72.7 Å². The molecule has 300 valence electrons. The van der Waals surface area contributed by atoms with E-state index in [9.17, 15) is 4.79 Å². The van der Waals surface area contributed by atoms with Crippen LogP contribution in [0.1, 0.15) is 108 Å². The summed E-state index contributed by atoms with van der Waals surface area (Å²) >= 11 is 0. The Morgan fingerprint density at radius 1 is 0.827 bits per heavy atom. The molecule has 0 aromatic carbocycles. The first-order chi connectivity index (χ1) is 24.5. The van der Waals surface area contributed by atoms with Crippen molar-refractivity contribution in [2.24, 2.45) is 41.4 Å². The van der Waals surface area contributed by atoms with Gasteiger partial charge in [-0.3, -0.25) is 0 Å². The predicted octanol–water partition coefficient (Wildman–Crippen LogP) is 7.63. The van der Waals surface area contributed by atoms with E-state index in [1.807, 2.05) is 25.2 Å². The van der Waals surface area contributed by atoms with Crippen LogP contribution >= 0.6 is 16.7 Å². The third-order valence-corrected chi connectivity index (χ3v) is 13.3. The van der Waals surface area contributed by atoms with Crippen molar-refractivity contribution in [1.29, 1.82) is 0 Å². The fraction of sp³-hybridized carbons (Fsp3) is 0.921. The maximum atomic E-state index is 12.0. The van der Waals surface area contributed by atoms with Crippen molar-refractivity contribution in [2.75, 3.05) is 19.8 Å². The maximum absolute atomic E-state index is 12.0. The summed E-state index contributed by atoms with van der Waals surface area (Å²) < 4.78 is 47.4. The molecule has 3 fully saturated rings. The second-order valence-electron chi connectivity index (χ2n) is 16.6. The van der Waals surface area contributed by atoms with Crippen molar-refractivity contribution in [3.63, 3.8) is 0 Å². The van der Waals surface area contributed by atoms with E-state index in [1.54, 1.807) is 0 Å². The number of carbonyl (C=O) groups excluding carboxylic acids is 1. The van der Waals surface area contributed by atoms with Crippen LogP contribution in [-0.2, 0) is 39.6 Å². The van der Waals surface area contributed by atoms with Crippen molar-refractivity contribution in [3.05, 3.63) is 11.9 Å². The van der Waals surface area contributed by atoms with E-state index in [0.717, 1.165) is 31.4 Å². The molecule has 14 heteroatoms. The zero-order valence-electron chi connectivity index (χ0n) is 34.1. The molecule has 1 amide bonds. The highest BCUT2D eigenvalue weighted by Gasteiger charge is 2.50. The molecule has 3 aliphatic rings. The lowest BCUT2D eigenvalue weighted by atomic mass is 9.75. The lowest BCUT2D eigenvalue weighted by molar-refractivity contribution is -0.348. The van der Waals surface area contributed by atoms with Gasteiger partial charge in [0.2, 0.25) is 0 Å². The highest BCUT2D eigenvalue weighted by atomic mass is 32.0. The second kappa shape index (κ2) is 19.3. The normalized spacial score (nSPS) is 39.2. The summed E-state index contributed by atoms with van der Waals surface area (Å²) in [6.07, 6.45) is 3.40. The Labute approximate surface area is 317 Å². The summed E-state index contributed by atoms with van der Waals surface area (Å²) in [5.74, 6) is 1.44. The van der Waals surface area contributed by atoms with Crippen LogP contribution in [-0.4, -0.2) is 95.7 Å². The van der Waals surface area contributed by atoms with Gasteiger partial charge in [-0.1, -0.05) is 76.5 Å². The van der Waals surface area contributed by atoms with Gasteiger partial charge in [-0.25, -0.2) is 9.25 Å². The number of alkyl carbamates (subject to hydrolysis) is 1. The fourth-order valence-corrected chi connectivity index (χ4v) is 8.74. The molecule has 17 atom stereocenters. The zero-order valence-corrected chi connectivity index (χ0v) is 36.2. The van der Waals surface area contributed by atoms with Gasteiger partial charge in [-0.15, -0.1) is 5.10 Å². The van der Waals surface area contributed by atoms with Gasteiger partial charge < -0.3 is 38.5 Å². The number of hydrogen-bond acceptors (Lipinski definition) is 10. The van der Waals surface area contributed by atoms with Crippen molar-refractivity contribution < 1.29 is 38.0 Å². The smallest absolute Gasteiger partial charge is 0.407 e. The molecule has 4 rings (SSSR count). The molecule has 0 bridgehead atoms. The van der Waals surface area contributed by atoms with Gasteiger partial charge in [0.25, 0.3) is 0 Å². The highest BCUT2D eigenvalue weighted by molar-refractivity contribution is 8.12. The Morgan fingerprint density at radius 3 is 1.83 bits per heavy atom. The molecular formula is C38H70N4O8P2. The fourth-order valence-electron chi connectivity index (χ4n) is 7.92. The number of rotatable bonds is 14. The topological polar surface area (TPSA) is 124 Å². The first-order valence-corrected chi connectivity index (χ1v) is 23.1. The molecule has 12 nitrogen and oxygen atoms in total. The number of carbonyl (C=O) groups is 1. The van der Waals surface area contributed by atoms with Crippen LogP contribution in [0.5, 0.6) is 0 Å². The van der Waals surface area contributed by atoms with Gasteiger partial charge in [-0.2, -0.15) is 0 Å². The van der Waals surface area contributed by atoms with E-state index >= 15 is 0 Å². The van der Waals surface area contributed by atoms with E-state index < -0.39 is 25.7 Å². The number of hydrogen-bond donors (Lipinski definition) is 1. The molecule has 17 unspecified atom stereocenters. The number of ether oxygens (including phenoxy) is 7. The van der Waals surface area contributed by atoms with Crippen molar-refractivity contribution in [2.45, 2.75) is 164 Å². The van der Waals surface area contributed by atoms with Crippen molar-refractivity contribution in [1.82, 2.24) is 20.1 Å². The molecule has 0 radical (unpaired) electrons. The summed E-state index contributed by atoms with van der Waals surface area (Å²) in [5.41, 5.74) is 0.477. The average molecular weight is 773 g/mol. The largest absolute Gasteiger partial charge is 0.444 e. The maximum Gasteiger partial charge on any atom is 0.407 e. The summed E-state index contributed by atoms with van der Waals surface area (Å²) in [6.45, 7) is 28.2. The molecule has 0 spiro atoms. The van der Waals surface area contributed by atoms with Crippen LogP contribution in [0.4, 0.5) is 4.79 Å². The SMILES string of the molecule is CCC1OC(OC2C(CC)OC(OC3C(CC)OC(OCCNC(=O)OC(C)(C)C)C(C)C3C)C(C)C2C)C(C)C(C)C1Cc1cn(P(C)P)nn1. The number of amides is 1. The minimum absolute atomic E-state index is 0.0729. The van der Waals surface area contributed by atoms with Gasteiger partial charge in [0.05, 0.1) is 49.0 Å². The standard InChI is InChI=1S/C38H70N4O8P2/c1-14-29-28(19-27-20-42(41-40-27)52(13)51)21(4)24(7)35(45-29)48-33-23(6)26(9)36(47-31(33)16-3)49-32-22(5)25(8)34(46-30(32)15-2)44-18-17-39-37(43)50-38(10,11)12/h20-26,28-36H,14-19,51H2,1-13H3,(H,39,43). The summed E-state index contributed by atoms with van der Waals surface area (Å²) in [7, 11) is 2.41. The monoisotopic (exact) mass is 772 g/mol. The predicted molar refractivity (Wildman–Crippen MR) is 207 cm³/mol. The molecule has 52 heavy (non-hydrogen) atoms. The Morgan fingerprint density at radius 2 is 1.33 bits per heavy atom. The Hall–Kier alpha value is -0.970. The third-order valence-electron chi connectivity index (χ3n) is 11.8. The Kier molecular flexibility index (Phi) is 16.2. The highest BCUT2D eigenvalue weighted by Crippen LogP contribution is 2.44. The number of nitrogens with one attached hydrogen (secondary N) is 1. The second-order valence-corrected chi connectivity index (χ2v) is 20.4. The van der Waals surface area contributed by atoms with E-state index in [4.69, 9.17) is 33.2 Å². The van der Waals surface area contributed by atoms with E-state index in [2.05, 4.69) is 99.7 Å².